The van der Waals surface area contributed by atoms with Gasteiger partial charge in [0.2, 0.25) is 0 Å². The van der Waals surface area contributed by atoms with E-state index in [4.69, 9.17) is 9.22 Å². The molecule has 0 aromatic carbocycles. The molecular formula is C16H36O3Si2. The lowest BCUT2D eigenvalue weighted by atomic mass is 10.1. The molecule has 0 aliphatic rings. The normalized spacial score (nSPS) is 12.6. The maximum atomic E-state index is 10.4. The monoisotopic (exact) mass is 332 g/mol. The third kappa shape index (κ3) is 16.1. The Hall–Kier alpha value is -0.136. The second-order valence-corrected chi connectivity index (χ2v) is 16.8. The lowest BCUT2D eigenvalue weighted by molar-refractivity contribution is -0.137. The van der Waals surface area contributed by atoms with E-state index in [9.17, 15) is 4.79 Å². The molecule has 0 rings (SSSR count). The number of rotatable bonds is 13. The average Bonchev–Trinajstić information content (AvgIpc) is 2.27. The summed E-state index contributed by atoms with van der Waals surface area (Å²) in [6, 6.07) is 1.29. The average molecular weight is 333 g/mol. The van der Waals surface area contributed by atoms with Crippen LogP contribution in [0, 0.1) is 0 Å². The molecule has 0 aromatic rings. The van der Waals surface area contributed by atoms with Gasteiger partial charge in [-0.15, -0.1) is 0 Å². The summed E-state index contributed by atoms with van der Waals surface area (Å²) < 4.78 is 6.35. The number of aliphatic carboxylic acids is 1. The summed E-state index contributed by atoms with van der Waals surface area (Å²) >= 11 is 0. The second kappa shape index (κ2) is 10.6. The molecule has 5 heteroatoms. The second-order valence-electron chi connectivity index (χ2n) is 7.70. The zero-order valence-corrected chi connectivity index (χ0v) is 16.8. The summed E-state index contributed by atoms with van der Waals surface area (Å²) in [5, 5.41) is 8.55. The van der Waals surface area contributed by atoms with Gasteiger partial charge >= 0.3 is 5.97 Å². The van der Waals surface area contributed by atoms with Gasteiger partial charge in [-0.25, -0.2) is 0 Å². The Labute approximate surface area is 133 Å². The molecule has 0 unspecified atom stereocenters. The van der Waals surface area contributed by atoms with Crippen molar-refractivity contribution in [1.29, 1.82) is 0 Å². The summed E-state index contributed by atoms with van der Waals surface area (Å²) in [6.07, 6.45) is 9.91. The van der Waals surface area contributed by atoms with Crippen molar-refractivity contribution in [3.63, 3.8) is 0 Å². The van der Waals surface area contributed by atoms with Gasteiger partial charge in [-0.3, -0.25) is 4.79 Å². The van der Waals surface area contributed by atoms with Crippen molar-refractivity contribution in [1.82, 2.24) is 0 Å². The highest BCUT2D eigenvalue weighted by Crippen LogP contribution is 2.21. The Morgan fingerprint density at radius 1 is 0.810 bits per heavy atom. The highest BCUT2D eigenvalue weighted by atomic mass is 28.4. The number of carboxylic acid groups (broad SMARTS) is 1. The van der Waals surface area contributed by atoms with E-state index in [1.165, 1.54) is 44.6 Å². The van der Waals surface area contributed by atoms with E-state index in [0.29, 0.717) is 6.42 Å². The molecule has 126 valence electrons. The molecular weight excluding hydrogens is 296 g/mol. The minimum Gasteiger partial charge on any atom is -0.481 e. The summed E-state index contributed by atoms with van der Waals surface area (Å²) in [5.74, 6) is -0.665. The van der Waals surface area contributed by atoms with Crippen molar-refractivity contribution in [2.24, 2.45) is 0 Å². The molecule has 0 fully saturated rings. The molecule has 0 aliphatic heterocycles. The summed E-state index contributed by atoms with van der Waals surface area (Å²) in [6.45, 7) is 11.6. The molecule has 0 saturated carbocycles. The number of hydrogen-bond donors (Lipinski definition) is 1. The van der Waals surface area contributed by atoms with E-state index in [2.05, 4.69) is 32.7 Å². The van der Waals surface area contributed by atoms with Crippen LogP contribution < -0.4 is 0 Å². The molecule has 0 aromatic heterocycles. The standard InChI is InChI=1S/C16H36O3Si2/c1-20(2,3)19-21(4,5)15-13-11-9-7-6-8-10-12-14-16(17)18/h6-15H2,1-5H3,(H,17,18). The first-order chi connectivity index (χ1) is 9.62. The predicted octanol–water partition coefficient (Wildman–Crippen LogP) is 5.64. The van der Waals surface area contributed by atoms with Crippen LogP contribution in [0.25, 0.3) is 0 Å². The number of carbonyl (C=O) groups is 1. The summed E-state index contributed by atoms with van der Waals surface area (Å²) in [7, 11) is -2.80. The van der Waals surface area contributed by atoms with Crippen LogP contribution in [0.15, 0.2) is 0 Å². The smallest absolute Gasteiger partial charge is 0.303 e. The van der Waals surface area contributed by atoms with Gasteiger partial charge in [0.1, 0.15) is 0 Å². The third-order valence-corrected chi connectivity index (χ3v) is 9.72. The largest absolute Gasteiger partial charge is 0.481 e. The molecule has 0 atom stereocenters. The van der Waals surface area contributed by atoms with Crippen molar-refractivity contribution in [3.05, 3.63) is 0 Å². The molecule has 0 bridgehead atoms. The molecule has 0 amide bonds. The van der Waals surface area contributed by atoms with Gasteiger partial charge in [0.15, 0.2) is 16.6 Å². The first-order valence-corrected chi connectivity index (χ1v) is 15.1. The maximum absolute atomic E-state index is 10.4. The Kier molecular flexibility index (Phi) is 10.5. The number of unbranched alkanes of at least 4 members (excludes halogenated alkanes) is 7. The van der Waals surface area contributed by atoms with Crippen molar-refractivity contribution < 1.29 is 14.0 Å². The summed E-state index contributed by atoms with van der Waals surface area (Å²) in [4.78, 5) is 10.4. The lowest BCUT2D eigenvalue weighted by Gasteiger charge is -2.31. The Morgan fingerprint density at radius 2 is 1.24 bits per heavy atom. The highest BCUT2D eigenvalue weighted by molar-refractivity contribution is 6.84. The van der Waals surface area contributed by atoms with Gasteiger partial charge in [-0.05, 0) is 45.2 Å². The van der Waals surface area contributed by atoms with Gasteiger partial charge in [0.05, 0.1) is 0 Å². The van der Waals surface area contributed by atoms with Crippen LogP contribution in [0.3, 0.4) is 0 Å². The first kappa shape index (κ1) is 20.9. The fourth-order valence-electron chi connectivity index (χ4n) is 2.77. The molecule has 1 N–H and O–H groups in total. The maximum Gasteiger partial charge on any atom is 0.303 e. The minimum absolute atomic E-state index is 0.330. The van der Waals surface area contributed by atoms with Crippen molar-refractivity contribution in [3.8, 4) is 0 Å². The fourth-order valence-corrected chi connectivity index (χ4v) is 10.9. The molecule has 0 aliphatic carbocycles. The molecule has 0 spiro atoms. The van der Waals surface area contributed by atoms with Gasteiger partial charge in [-0.2, -0.15) is 0 Å². The van der Waals surface area contributed by atoms with Crippen molar-refractivity contribution in [2.45, 2.75) is 96.6 Å². The van der Waals surface area contributed by atoms with E-state index < -0.39 is 22.6 Å². The molecule has 0 heterocycles. The van der Waals surface area contributed by atoms with Crippen LogP contribution in [-0.4, -0.2) is 27.7 Å². The predicted molar refractivity (Wildman–Crippen MR) is 95.9 cm³/mol. The zero-order valence-electron chi connectivity index (χ0n) is 14.8. The third-order valence-electron chi connectivity index (χ3n) is 3.50. The van der Waals surface area contributed by atoms with E-state index in [-0.39, 0.29) is 0 Å². The molecule has 0 radical (unpaired) electrons. The van der Waals surface area contributed by atoms with Crippen LogP contribution in [0.4, 0.5) is 0 Å². The van der Waals surface area contributed by atoms with Crippen LogP contribution in [-0.2, 0) is 8.91 Å². The quantitative estimate of drug-likeness (QED) is 0.351. The van der Waals surface area contributed by atoms with E-state index in [1.54, 1.807) is 0 Å². The molecule has 0 saturated heterocycles. The van der Waals surface area contributed by atoms with Crippen LogP contribution in [0.1, 0.15) is 57.8 Å². The number of hydrogen-bond acceptors (Lipinski definition) is 2. The zero-order chi connectivity index (χ0) is 16.4. The van der Waals surface area contributed by atoms with E-state index >= 15 is 0 Å². The van der Waals surface area contributed by atoms with E-state index in [1.807, 2.05) is 0 Å². The number of carboxylic acids is 1. The Morgan fingerprint density at radius 3 is 1.67 bits per heavy atom. The highest BCUT2D eigenvalue weighted by Gasteiger charge is 2.28. The van der Waals surface area contributed by atoms with Crippen LogP contribution in [0.5, 0.6) is 0 Å². The van der Waals surface area contributed by atoms with Crippen LogP contribution >= 0.6 is 0 Å². The fraction of sp³-hybridized carbons (Fsp3) is 0.938. The van der Waals surface area contributed by atoms with Gasteiger partial charge < -0.3 is 9.22 Å². The minimum atomic E-state index is -1.43. The molecule has 3 nitrogen and oxygen atoms in total. The van der Waals surface area contributed by atoms with Gasteiger partial charge in [-0.1, -0.05) is 44.9 Å². The lowest BCUT2D eigenvalue weighted by Crippen LogP contribution is -2.42. The molecule has 21 heavy (non-hydrogen) atoms. The Balaban J connectivity index is 3.41. The van der Waals surface area contributed by atoms with Crippen molar-refractivity contribution >= 4 is 22.6 Å². The SMILES string of the molecule is C[Si](C)(C)O[Si](C)(C)CCCCCCCCCCC(=O)O. The van der Waals surface area contributed by atoms with Gasteiger partial charge in [0, 0.05) is 6.42 Å². The van der Waals surface area contributed by atoms with Crippen LogP contribution in [0.2, 0.25) is 38.8 Å². The Bertz CT molecular complexity index is 286. The van der Waals surface area contributed by atoms with E-state index in [0.717, 1.165) is 12.8 Å². The topological polar surface area (TPSA) is 46.5 Å². The first-order valence-electron chi connectivity index (χ1n) is 8.54. The summed E-state index contributed by atoms with van der Waals surface area (Å²) in [5.41, 5.74) is 0. The van der Waals surface area contributed by atoms with Crippen molar-refractivity contribution in [2.75, 3.05) is 0 Å². The van der Waals surface area contributed by atoms with Gasteiger partial charge in [0.25, 0.3) is 0 Å².